The second-order valence-electron chi connectivity index (χ2n) is 11.0. The summed E-state index contributed by atoms with van der Waals surface area (Å²) in [5.74, 6) is -0.999. The standard InChI is InChI=1S/C26H35F2N9O3/c1-26(2,15-38)40-22-11-17(27)19(12-21(22)37-25(39)35(3)33-34-37)31-24-30-14-18(28)23(32-24)29-13-16-7-6-10-36-9-5-4-8-20(16)36/h11-12,14,16,20,38H,4-10,13,15H2,1-3H3,(H2,29,30,31,32)/t16-,20?/m0/s1. The van der Waals surface area contributed by atoms with E-state index in [0.717, 1.165) is 54.0 Å². The fraction of sp³-hybridized carbons (Fsp3) is 0.577. The van der Waals surface area contributed by atoms with Crippen molar-refractivity contribution < 1.29 is 18.6 Å². The summed E-state index contributed by atoms with van der Waals surface area (Å²) in [4.78, 5) is 23.4. The molecule has 216 valence electrons. The number of aliphatic hydroxyl groups is 1. The first-order chi connectivity index (χ1) is 19.1. The zero-order valence-electron chi connectivity index (χ0n) is 22.9. The lowest BCUT2D eigenvalue weighted by molar-refractivity contribution is 0.0408. The van der Waals surface area contributed by atoms with Gasteiger partial charge in [0.05, 0.1) is 18.5 Å². The first-order valence-electron chi connectivity index (χ1n) is 13.6. The van der Waals surface area contributed by atoms with Crippen LogP contribution in [-0.4, -0.2) is 77.6 Å². The van der Waals surface area contributed by atoms with E-state index >= 15 is 4.39 Å². The number of piperidine rings is 2. The van der Waals surface area contributed by atoms with Crippen molar-refractivity contribution in [1.82, 2.24) is 34.7 Å². The number of aromatic nitrogens is 6. The summed E-state index contributed by atoms with van der Waals surface area (Å²) in [5, 5.41) is 23.1. The molecule has 0 bridgehead atoms. The number of anilines is 3. The number of aryl methyl sites for hydroxylation is 1. The molecule has 2 saturated heterocycles. The van der Waals surface area contributed by atoms with Gasteiger partial charge in [-0.1, -0.05) is 6.42 Å². The predicted molar refractivity (Wildman–Crippen MR) is 144 cm³/mol. The second-order valence-corrected chi connectivity index (χ2v) is 11.0. The molecule has 0 radical (unpaired) electrons. The van der Waals surface area contributed by atoms with Gasteiger partial charge in [-0.15, -0.1) is 0 Å². The molecule has 5 rings (SSSR count). The van der Waals surface area contributed by atoms with E-state index in [1.165, 1.54) is 26.0 Å². The van der Waals surface area contributed by atoms with Crippen LogP contribution in [0.2, 0.25) is 0 Å². The molecule has 3 N–H and O–H groups in total. The van der Waals surface area contributed by atoms with Crippen LogP contribution in [0.4, 0.5) is 26.2 Å². The van der Waals surface area contributed by atoms with Crippen LogP contribution in [0.15, 0.2) is 23.1 Å². The summed E-state index contributed by atoms with van der Waals surface area (Å²) in [6.45, 7) is 5.68. The van der Waals surface area contributed by atoms with E-state index in [4.69, 9.17) is 4.74 Å². The molecule has 0 spiro atoms. The Bertz CT molecular complexity index is 1410. The highest BCUT2D eigenvalue weighted by Gasteiger charge is 2.33. The number of hydrogen-bond acceptors (Lipinski definition) is 10. The van der Waals surface area contributed by atoms with Crippen LogP contribution in [0.25, 0.3) is 5.69 Å². The summed E-state index contributed by atoms with van der Waals surface area (Å²) in [6.07, 6.45) is 6.80. The number of nitrogens with zero attached hydrogens (tertiary/aromatic N) is 7. The maximum absolute atomic E-state index is 15.3. The van der Waals surface area contributed by atoms with Crippen molar-refractivity contribution in [2.75, 3.05) is 36.9 Å². The largest absolute Gasteiger partial charge is 0.483 e. The van der Waals surface area contributed by atoms with Crippen LogP contribution in [0.5, 0.6) is 5.75 Å². The lowest BCUT2D eigenvalue weighted by Gasteiger charge is -2.44. The van der Waals surface area contributed by atoms with Gasteiger partial charge in [-0.2, -0.15) is 14.3 Å². The predicted octanol–water partition coefficient (Wildman–Crippen LogP) is 2.60. The minimum absolute atomic E-state index is 0.0286. The molecule has 4 heterocycles. The molecule has 2 aliphatic rings. The Hall–Kier alpha value is -3.65. The van der Waals surface area contributed by atoms with Crippen LogP contribution < -0.4 is 21.1 Å². The summed E-state index contributed by atoms with van der Waals surface area (Å²) in [5.41, 5.74) is -1.68. The maximum Gasteiger partial charge on any atom is 0.368 e. The Labute approximate surface area is 230 Å². The third-order valence-electron chi connectivity index (χ3n) is 7.52. The van der Waals surface area contributed by atoms with Gasteiger partial charge in [0.1, 0.15) is 17.0 Å². The van der Waals surface area contributed by atoms with E-state index in [9.17, 15) is 14.3 Å². The number of ether oxygens (including phenoxy) is 1. The zero-order chi connectivity index (χ0) is 28.4. The van der Waals surface area contributed by atoms with E-state index in [0.29, 0.717) is 18.5 Å². The summed E-state index contributed by atoms with van der Waals surface area (Å²) in [6, 6.07) is 2.86. The molecular weight excluding hydrogens is 524 g/mol. The van der Waals surface area contributed by atoms with E-state index in [1.807, 2.05) is 0 Å². The van der Waals surface area contributed by atoms with Crippen molar-refractivity contribution in [3.8, 4) is 11.4 Å². The monoisotopic (exact) mass is 559 g/mol. The smallest absolute Gasteiger partial charge is 0.368 e. The minimum Gasteiger partial charge on any atom is -0.483 e. The number of aliphatic hydroxyl groups excluding tert-OH is 1. The molecule has 2 aromatic heterocycles. The van der Waals surface area contributed by atoms with Gasteiger partial charge in [0, 0.05) is 25.7 Å². The Morgan fingerprint density at radius 1 is 1.12 bits per heavy atom. The highest BCUT2D eigenvalue weighted by Crippen LogP contribution is 2.33. The first-order valence-corrected chi connectivity index (χ1v) is 13.6. The average Bonchev–Trinajstić information content (AvgIpc) is 3.27. The van der Waals surface area contributed by atoms with E-state index in [1.54, 1.807) is 13.8 Å². The van der Waals surface area contributed by atoms with Gasteiger partial charge in [0.2, 0.25) is 5.95 Å². The van der Waals surface area contributed by atoms with Crippen LogP contribution in [0.3, 0.4) is 0 Å². The molecular formula is C26H35F2N9O3. The zero-order valence-corrected chi connectivity index (χ0v) is 22.9. The molecule has 1 unspecified atom stereocenters. The van der Waals surface area contributed by atoms with Crippen molar-refractivity contribution in [3.05, 3.63) is 40.4 Å². The van der Waals surface area contributed by atoms with Crippen molar-refractivity contribution in [1.29, 1.82) is 0 Å². The highest BCUT2D eigenvalue weighted by atomic mass is 19.1. The molecule has 0 aliphatic carbocycles. The number of nitrogens with one attached hydrogen (secondary N) is 2. The Kier molecular flexibility index (Phi) is 7.99. The Balaban J connectivity index is 1.39. The first kappa shape index (κ1) is 27.9. The minimum atomic E-state index is -1.07. The molecule has 12 nitrogen and oxygen atoms in total. The van der Waals surface area contributed by atoms with Crippen LogP contribution >= 0.6 is 0 Å². The molecule has 0 amide bonds. The van der Waals surface area contributed by atoms with E-state index < -0.39 is 22.9 Å². The van der Waals surface area contributed by atoms with Gasteiger partial charge in [-0.05, 0) is 75.0 Å². The van der Waals surface area contributed by atoms with Crippen molar-refractivity contribution in [2.24, 2.45) is 13.0 Å². The molecule has 2 atom stereocenters. The third kappa shape index (κ3) is 5.92. The highest BCUT2D eigenvalue weighted by molar-refractivity contribution is 5.63. The summed E-state index contributed by atoms with van der Waals surface area (Å²) < 4.78 is 37.7. The van der Waals surface area contributed by atoms with Gasteiger partial charge in [0.15, 0.2) is 17.5 Å². The Morgan fingerprint density at radius 3 is 2.67 bits per heavy atom. The van der Waals surface area contributed by atoms with Gasteiger partial charge in [0.25, 0.3) is 0 Å². The van der Waals surface area contributed by atoms with Crippen molar-refractivity contribution >= 4 is 17.5 Å². The normalized spacial score (nSPS) is 19.8. The molecule has 1 aromatic carbocycles. The maximum atomic E-state index is 15.3. The molecule has 3 aromatic rings. The Morgan fingerprint density at radius 2 is 1.93 bits per heavy atom. The van der Waals surface area contributed by atoms with Crippen molar-refractivity contribution in [2.45, 2.75) is 57.6 Å². The van der Waals surface area contributed by atoms with Gasteiger partial charge < -0.3 is 25.4 Å². The summed E-state index contributed by atoms with van der Waals surface area (Å²) in [7, 11) is 1.42. The number of hydrogen-bond donors (Lipinski definition) is 3. The van der Waals surface area contributed by atoms with Gasteiger partial charge in [-0.25, -0.2) is 18.6 Å². The second kappa shape index (κ2) is 11.5. The van der Waals surface area contributed by atoms with E-state index in [2.05, 4.69) is 35.9 Å². The van der Waals surface area contributed by atoms with Crippen molar-refractivity contribution in [3.63, 3.8) is 0 Å². The van der Waals surface area contributed by atoms with Crippen LogP contribution in [-0.2, 0) is 7.05 Å². The van der Waals surface area contributed by atoms with Gasteiger partial charge >= 0.3 is 5.69 Å². The fourth-order valence-electron chi connectivity index (χ4n) is 5.40. The molecule has 2 fully saturated rings. The topological polar surface area (TPSA) is 135 Å². The number of tetrazole rings is 1. The van der Waals surface area contributed by atoms with Gasteiger partial charge in [-0.3, -0.25) is 0 Å². The van der Waals surface area contributed by atoms with E-state index in [-0.39, 0.29) is 35.5 Å². The lowest BCUT2D eigenvalue weighted by Crippen LogP contribution is -2.49. The quantitative estimate of drug-likeness (QED) is 0.359. The number of fused-ring (bicyclic) bond motifs is 1. The van der Waals surface area contributed by atoms with Crippen LogP contribution in [0.1, 0.15) is 46.0 Å². The third-order valence-corrected chi connectivity index (χ3v) is 7.52. The lowest BCUT2D eigenvalue weighted by atomic mass is 9.83. The number of halogens is 2. The summed E-state index contributed by atoms with van der Waals surface area (Å²) >= 11 is 0. The number of benzene rings is 1. The molecule has 40 heavy (non-hydrogen) atoms. The molecule has 2 aliphatic heterocycles. The fourth-order valence-corrected chi connectivity index (χ4v) is 5.40. The number of rotatable bonds is 9. The SMILES string of the molecule is Cn1nnn(-c2cc(Nc3ncc(F)c(NC[C@@H]4CCCN5CCCCC45)n3)c(F)cc2OC(C)(C)CO)c1=O. The average molecular weight is 560 g/mol. The van der Waals surface area contributed by atoms with Crippen LogP contribution in [0, 0.1) is 17.6 Å². The molecule has 14 heteroatoms. The molecule has 0 saturated carbocycles.